The van der Waals surface area contributed by atoms with E-state index in [1.807, 2.05) is 0 Å². The van der Waals surface area contributed by atoms with Crippen LogP contribution in [0.1, 0.15) is 13.8 Å². The van der Waals surface area contributed by atoms with E-state index in [9.17, 15) is 13.2 Å². The number of quaternary nitrogens is 1. The Hall–Kier alpha value is -0.710. The highest BCUT2D eigenvalue weighted by Gasteiger charge is 2.37. The largest absolute Gasteiger partial charge is 0.501 e. The summed E-state index contributed by atoms with van der Waals surface area (Å²) < 4.78 is 35.8. The fourth-order valence-corrected chi connectivity index (χ4v) is 0.775. The SMILES string of the molecule is CC[N+](C)(/C=C(\O)C(F)(F)F)CC. The quantitative estimate of drug-likeness (QED) is 0.545. The number of rotatable bonds is 3. The lowest BCUT2D eigenvalue weighted by Crippen LogP contribution is -2.39. The van der Waals surface area contributed by atoms with Crippen LogP contribution in [0.5, 0.6) is 0 Å². The van der Waals surface area contributed by atoms with Crippen molar-refractivity contribution in [1.29, 1.82) is 0 Å². The molecule has 2 nitrogen and oxygen atoms in total. The van der Waals surface area contributed by atoms with Crippen LogP contribution in [-0.4, -0.2) is 35.9 Å². The summed E-state index contributed by atoms with van der Waals surface area (Å²) in [6, 6.07) is 0. The predicted molar refractivity (Wildman–Crippen MR) is 44.0 cm³/mol. The van der Waals surface area contributed by atoms with Gasteiger partial charge in [0.2, 0.25) is 0 Å². The fourth-order valence-electron chi connectivity index (χ4n) is 0.775. The minimum absolute atomic E-state index is 0.0747. The maximum atomic E-state index is 11.9. The molecule has 78 valence electrons. The van der Waals surface area contributed by atoms with Crippen LogP contribution in [0.3, 0.4) is 0 Å². The molecule has 0 aromatic carbocycles. The van der Waals surface area contributed by atoms with Crippen molar-refractivity contribution in [3.05, 3.63) is 12.0 Å². The Labute approximate surface area is 75.9 Å². The summed E-state index contributed by atoms with van der Waals surface area (Å²) >= 11 is 0. The van der Waals surface area contributed by atoms with Gasteiger partial charge in [-0.1, -0.05) is 0 Å². The van der Waals surface area contributed by atoms with Gasteiger partial charge >= 0.3 is 6.18 Å². The molecule has 0 aromatic heterocycles. The summed E-state index contributed by atoms with van der Waals surface area (Å²) in [5.74, 6) is -1.52. The molecule has 5 heteroatoms. The highest BCUT2D eigenvalue weighted by atomic mass is 19.4. The molecule has 0 radical (unpaired) electrons. The van der Waals surface area contributed by atoms with Gasteiger partial charge in [-0.05, 0) is 13.8 Å². The standard InChI is InChI=1S/C8H14F3NO/c1-4-12(3,5-2)6-7(13)8(9,10)11/h6H,4-5H2,1-3H3/p+1/b7-6-. The first-order chi connectivity index (χ1) is 5.75. The van der Waals surface area contributed by atoms with Gasteiger partial charge in [0, 0.05) is 0 Å². The van der Waals surface area contributed by atoms with Crippen molar-refractivity contribution in [3.63, 3.8) is 0 Å². The number of hydrogen-bond acceptors (Lipinski definition) is 1. The van der Waals surface area contributed by atoms with Gasteiger partial charge in [-0.2, -0.15) is 13.2 Å². The van der Waals surface area contributed by atoms with Gasteiger partial charge in [0.05, 0.1) is 20.1 Å². The van der Waals surface area contributed by atoms with Crippen LogP contribution in [-0.2, 0) is 0 Å². The molecule has 13 heavy (non-hydrogen) atoms. The number of halogens is 3. The van der Waals surface area contributed by atoms with E-state index in [0.29, 0.717) is 13.1 Å². The number of alkyl halides is 3. The third kappa shape index (κ3) is 3.67. The molecule has 0 unspecified atom stereocenters. The van der Waals surface area contributed by atoms with Crippen molar-refractivity contribution < 1.29 is 22.8 Å². The Morgan fingerprint density at radius 1 is 1.31 bits per heavy atom. The van der Waals surface area contributed by atoms with E-state index in [1.165, 1.54) is 0 Å². The van der Waals surface area contributed by atoms with E-state index >= 15 is 0 Å². The molecule has 0 amide bonds. The Kier molecular flexibility index (Phi) is 3.78. The van der Waals surface area contributed by atoms with Crippen LogP contribution in [0.25, 0.3) is 0 Å². The number of allylic oxidation sites excluding steroid dienone is 1. The first-order valence-electron chi connectivity index (χ1n) is 4.08. The van der Waals surface area contributed by atoms with Crippen molar-refractivity contribution >= 4 is 0 Å². The molecular formula is C8H15F3NO+. The Morgan fingerprint density at radius 2 is 1.69 bits per heavy atom. The molecule has 1 N–H and O–H groups in total. The van der Waals surface area contributed by atoms with Crippen molar-refractivity contribution in [2.45, 2.75) is 20.0 Å². The predicted octanol–water partition coefficient (Wildman–Crippen LogP) is 2.43. The summed E-state index contributed by atoms with van der Waals surface area (Å²) in [4.78, 5) is 0. The fraction of sp³-hybridized carbons (Fsp3) is 0.750. The molecule has 0 aliphatic heterocycles. The first-order valence-corrected chi connectivity index (χ1v) is 4.08. The second kappa shape index (κ2) is 4.00. The maximum Gasteiger partial charge on any atom is 0.454 e. The molecule has 0 rings (SSSR count). The molecule has 0 saturated carbocycles. The van der Waals surface area contributed by atoms with Gasteiger partial charge in [0.25, 0.3) is 5.76 Å². The Bertz CT molecular complexity index is 194. The summed E-state index contributed by atoms with van der Waals surface area (Å²) in [6.45, 7) is 4.56. The van der Waals surface area contributed by atoms with E-state index < -0.39 is 11.9 Å². The molecule has 0 spiro atoms. The van der Waals surface area contributed by atoms with Gasteiger partial charge in [0.1, 0.15) is 6.20 Å². The second-order valence-corrected chi connectivity index (χ2v) is 3.12. The molecule has 0 fully saturated rings. The van der Waals surface area contributed by atoms with Crippen molar-refractivity contribution in [2.24, 2.45) is 0 Å². The minimum atomic E-state index is -4.64. The van der Waals surface area contributed by atoms with Crippen LogP contribution in [0.4, 0.5) is 13.2 Å². The summed E-state index contributed by atoms with van der Waals surface area (Å²) in [5, 5.41) is 8.70. The van der Waals surface area contributed by atoms with Gasteiger partial charge in [-0.3, -0.25) is 4.48 Å². The molecule has 0 heterocycles. The zero-order chi connectivity index (χ0) is 10.7. The maximum absolute atomic E-state index is 11.9. The summed E-state index contributed by atoms with van der Waals surface area (Å²) in [6.07, 6.45) is -3.80. The van der Waals surface area contributed by atoms with Gasteiger partial charge in [-0.25, -0.2) is 0 Å². The second-order valence-electron chi connectivity index (χ2n) is 3.12. The van der Waals surface area contributed by atoms with Gasteiger partial charge in [0.15, 0.2) is 0 Å². The zero-order valence-corrected chi connectivity index (χ0v) is 8.02. The van der Waals surface area contributed by atoms with E-state index in [2.05, 4.69) is 0 Å². The smallest absolute Gasteiger partial charge is 0.454 e. The first kappa shape index (κ1) is 12.3. The van der Waals surface area contributed by atoms with Crippen LogP contribution in [0.2, 0.25) is 0 Å². The zero-order valence-electron chi connectivity index (χ0n) is 8.02. The molecule has 0 aliphatic rings. The molecular weight excluding hydrogens is 183 g/mol. The van der Waals surface area contributed by atoms with Crippen LogP contribution in [0, 0.1) is 0 Å². The number of aliphatic hydroxyl groups excluding tert-OH is 1. The van der Waals surface area contributed by atoms with Crippen LogP contribution in [0.15, 0.2) is 12.0 Å². The van der Waals surface area contributed by atoms with E-state index in [1.54, 1.807) is 20.9 Å². The van der Waals surface area contributed by atoms with Crippen molar-refractivity contribution in [3.8, 4) is 0 Å². The number of aliphatic hydroxyl groups is 1. The summed E-state index contributed by atoms with van der Waals surface area (Å²) in [5.41, 5.74) is 0. The number of nitrogens with zero attached hydrogens (tertiary/aromatic N) is 1. The van der Waals surface area contributed by atoms with Crippen molar-refractivity contribution in [2.75, 3.05) is 20.1 Å². The van der Waals surface area contributed by atoms with Crippen molar-refractivity contribution in [1.82, 2.24) is 0 Å². The van der Waals surface area contributed by atoms with Gasteiger partial charge in [-0.15, -0.1) is 0 Å². The third-order valence-corrected chi connectivity index (χ3v) is 2.17. The molecule has 0 bridgehead atoms. The highest BCUT2D eigenvalue weighted by Crippen LogP contribution is 2.24. The molecule has 0 aliphatic carbocycles. The normalized spacial score (nSPS) is 14.8. The Balaban J connectivity index is 4.72. The molecule has 0 atom stereocenters. The number of hydrogen-bond donors (Lipinski definition) is 1. The third-order valence-electron chi connectivity index (χ3n) is 2.17. The Morgan fingerprint density at radius 3 is 1.92 bits per heavy atom. The topological polar surface area (TPSA) is 20.2 Å². The average molecular weight is 198 g/mol. The lowest BCUT2D eigenvalue weighted by molar-refractivity contribution is -0.857. The highest BCUT2D eigenvalue weighted by molar-refractivity contribution is 4.93. The monoisotopic (exact) mass is 198 g/mol. The van der Waals surface area contributed by atoms with E-state index in [0.717, 1.165) is 6.20 Å². The van der Waals surface area contributed by atoms with E-state index in [4.69, 9.17) is 5.11 Å². The minimum Gasteiger partial charge on any atom is -0.501 e. The van der Waals surface area contributed by atoms with E-state index in [-0.39, 0.29) is 4.48 Å². The molecule has 0 saturated heterocycles. The van der Waals surface area contributed by atoms with Gasteiger partial charge < -0.3 is 5.11 Å². The summed E-state index contributed by atoms with van der Waals surface area (Å²) in [7, 11) is 1.63. The lowest BCUT2D eigenvalue weighted by Gasteiger charge is -2.27. The van der Waals surface area contributed by atoms with Crippen LogP contribution >= 0.6 is 0 Å². The van der Waals surface area contributed by atoms with Crippen LogP contribution < -0.4 is 0 Å². The lowest BCUT2D eigenvalue weighted by atomic mass is 10.4. The molecule has 0 aromatic rings. The average Bonchev–Trinajstić information content (AvgIpc) is 2.02.